The van der Waals surface area contributed by atoms with Crippen LogP contribution in [0.5, 0.6) is 0 Å². The summed E-state index contributed by atoms with van der Waals surface area (Å²) in [6.07, 6.45) is 4.51. The van der Waals surface area contributed by atoms with Crippen LogP contribution in [0.2, 0.25) is 0 Å². The molecule has 0 saturated carbocycles. The molecule has 0 spiro atoms. The van der Waals surface area contributed by atoms with E-state index >= 15 is 0 Å². The first-order valence-corrected chi connectivity index (χ1v) is 8.80. The van der Waals surface area contributed by atoms with Gasteiger partial charge in [0.1, 0.15) is 0 Å². The fourth-order valence-electron chi connectivity index (χ4n) is 2.02. The van der Waals surface area contributed by atoms with Gasteiger partial charge in [-0.3, -0.25) is 0 Å². The highest BCUT2D eigenvalue weighted by Crippen LogP contribution is 2.28. The molecule has 5 heteroatoms. The van der Waals surface area contributed by atoms with E-state index in [-0.39, 0.29) is 0 Å². The van der Waals surface area contributed by atoms with Gasteiger partial charge in [0.05, 0.1) is 0 Å². The Hall–Kier alpha value is -0.260. The van der Waals surface area contributed by atoms with E-state index in [0.717, 1.165) is 19.6 Å². The average molecular weight is 285 g/mol. The van der Waals surface area contributed by atoms with Gasteiger partial charge in [-0.25, -0.2) is 4.98 Å². The number of thiazole rings is 1. The Balaban J connectivity index is 1.95. The highest BCUT2D eigenvalue weighted by atomic mass is 32.2. The van der Waals surface area contributed by atoms with Crippen molar-refractivity contribution in [1.29, 1.82) is 0 Å². The maximum absolute atomic E-state index is 4.61. The van der Waals surface area contributed by atoms with Gasteiger partial charge in [0, 0.05) is 36.0 Å². The molecule has 1 fully saturated rings. The molecule has 0 aromatic carbocycles. The molecule has 0 radical (unpaired) electrons. The van der Waals surface area contributed by atoms with Crippen LogP contribution in [0.4, 0.5) is 5.13 Å². The third kappa shape index (κ3) is 3.87. The van der Waals surface area contributed by atoms with Crippen LogP contribution >= 0.6 is 23.1 Å². The molecular weight excluding hydrogens is 262 g/mol. The zero-order valence-electron chi connectivity index (χ0n) is 11.3. The maximum atomic E-state index is 4.61. The van der Waals surface area contributed by atoms with Crippen LogP contribution in [-0.2, 0) is 0 Å². The highest BCUT2D eigenvalue weighted by Gasteiger charge is 2.15. The van der Waals surface area contributed by atoms with Crippen LogP contribution in [0.1, 0.15) is 37.6 Å². The standard InChI is InChI=1S/C13H23N3S2/c1-3-5-14-11(2)12-10-15-13(18-12)16-6-4-8-17-9-7-16/h10-11,14H,3-9H2,1-2H3. The predicted octanol–water partition coefficient (Wildman–Crippen LogP) is 3.15. The van der Waals surface area contributed by atoms with Gasteiger partial charge in [0.2, 0.25) is 0 Å². The summed E-state index contributed by atoms with van der Waals surface area (Å²) in [6.45, 7) is 7.82. The smallest absolute Gasteiger partial charge is 0.185 e. The molecule has 0 aliphatic carbocycles. The summed E-state index contributed by atoms with van der Waals surface area (Å²) >= 11 is 3.91. The minimum absolute atomic E-state index is 0.428. The van der Waals surface area contributed by atoms with Gasteiger partial charge in [-0.15, -0.1) is 11.3 Å². The van der Waals surface area contributed by atoms with E-state index in [0.29, 0.717) is 6.04 Å². The zero-order valence-corrected chi connectivity index (χ0v) is 12.9. The number of nitrogens with one attached hydrogen (secondary N) is 1. The minimum atomic E-state index is 0.428. The van der Waals surface area contributed by atoms with Crippen molar-refractivity contribution in [2.24, 2.45) is 0 Å². The second-order valence-corrected chi connectivity index (χ2v) is 6.94. The Morgan fingerprint density at radius 2 is 2.33 bits per heavy atom. The second kappa shape index (κ2) is 7.36. The topological polar surface area (TPSA) is 28.2 Å². The van der Waals surface area contributed by atoms with Crippen molar-refractivity contribution in [3.05, 3.63) is 11.1 Å². The largest absolute Gasteiger partial charge is 0.347 e. The van der Waals surface area contributed by atoms with Crippen molar-refractivity contribution >= 4 is 28.2 Å². The van der Waals surface area contributed by atoms with Crippen molar-refractivity contribution in [2.45, 2.75) is 32.7 Å². The Labute approximate surface area is 118 Å². The van der Waals surface area contributed by atoms with Crippen molar-refractivity contribution in [3.63, 3.8) is 0 Å². The van der Waals surface area contributed by atoms with Crippen LogP contribution in [0.15, 0.2) is 6.20 Å². The first-order chi connectivity index (χ1) is 8.81. The molecule has 102 valence electrons. The van der Waals surface area contributed by atoms with E-state index in [4.69, 9.17) is 0 Å². The van der Waals surface area contributed by atoms with Crippen molar-refractivity contribution in [1.82, 2.24) is 10.3 Å². The number of nitrogens with zero attached hydrogens (tertiary/aromatic N) is 2. The number of aromatic nitrogens is 1. The van der Waals surface area contributed by atoms with Gasteiger partial charge in [0.25, 0.3) is 0 Å². The van der Waals surface area contributed by atoms with Gasteiger partial charge in [-0.2, -0.15) is 11.8 Å². The summed E-state index contributed by atoms with van der Waals surface area (Å²) in [5.41, 5.74) is 0. The van der Waals surface area contributed by atoms with E-state index < -0.39 is 0 Å². The predicted molar refractivity (Wildman–Crippen MR) is 83.0 cm³/mol. The van der Waals surface area contributed by atoms with Gasteiger partial charge < -0.3 is 10.2 Å². The number of thioether (sulfide) groups is 1. The van der Waals surface area contributed by atoms with Gasteiger partial charge >= 0.3 is 0 Å². The van der Waals surface area contributed by atoms with Crippen molar-refractivity contribution < 1.29 is 0 Å². The molecule has 1 saturated heterocycles. The molecule has 3 nitrogen and oxygen atoms in total. The van der Waals surface area contributed by atoms with E-state index in [1.165, 1.54) is 34.4 Å². The third-order valence-corrected chi connectivity index (χ3v) is 5.42. The molecule has 18 heavy (non-hydrogen) atoms. The Bertz CT molecular complexity index is 346. The average Bonchev–Trinajstić information content (AvgIpc) is 2.72. The number of rotatable bonds is 5. The van der Waals surface area contributed by atoms with Crippen LogP contribution in [0.3, 0.4) is 0 Å². The molecule has 1 atom stereocenters. The summed E-state index contributed by atoms with van der Waals surface area (Å²) < 4.78 is 0. The molecule has 0 amide bonds. The van der Waals surface area contributed by atoms with Crippen LogP contribution < -0.4 is 10.2 Å². The van der Waals surface area contributed by atoms with E-state index in [1.54, 1.807) is 0 Å². The lowest BCUT2D eigenvalue weighted by atomic mass is 10.3. The first kappa shape index (κ1) is 14.2. The molecule has 2 rings (SSSR count). The fourth-order valence-corrected chi connectivity index (χ4v) is 3.90. The molecule has 2 heterocycles. The quantitative estimate of drug-likeness (QED) is 0.899. The molecule has 1 aromatic heterocycles. The minimum Gasteiger partial charge on any atom is -0.347 e. The van der Waals surface area contributed by atoms with Crippen molar-refractivity contribution in [2.75, 3.05) is 36.0 Å². The molecule has 1 aliphatic rings. The molecule has 0 bridgehead atoms. The van der Waals surface area contributed by atoms with Crippen LogP contribution in [0, 0.1) is 0 Å². The summed E-state index contributed by atoms with van der Waals surface area (Å²) in [5.74, 6) is 2.53. The molecular formula is C13H23N3S2. The summed E-state index contributed by atoms with van der Waals surface area (Å²) in [5, 5.41) is 4.73. The van der Waals surface area contributed by atoms with Crippen LogP contribution in [0.25, 0.3) is 0 Å². The Morgan fingerprint density at radius 1 is 1.44 bits per heavy atom. The summed E-state index contributed by atoms with van der Waals surface area (Å²) in [4.78, 5) is 8.41. The third-order valence-electron chi connectivity index (χ3n) is 3.13. The lowest BCUT2D eigenvalue weighted by Crippen LogP contribution is -2.25. The molecule has 1 unspecified atom stereocenters. The lowest BCUT2D eigenvalue weighted by Gasteiger charge is -2.18. The maximum Gasteiger partial charge on any atom is 0.185 e. The Morgan fingerprint density at radius 3 is 3.17 bits per heavy atom. The molecule has 1 aliphatic heterocycles. The highest BCUT2D eigenvalue weighted by molar-refractivity contribution is 7.99. The van der Waals surface area contributed by atoms with Crippen molar-refractivity contribution in [3.8, 4) is 0 Å². The Kier molecular flexibility index (Phi) is 5.79. The summed E-state index contributed by atoms with van der Waals surface area (Å²) in [6, 6.07) is 0.428. The summed E-state index contributed by atoms with van der Waals surface area (Å²) in [7, 11) is 0. The monoisotopic (exact) mass is 285 g/mol. The van der Waals surface area contributed by atoms with E-state index in [2.05, 4.69) is 40.8 Å². The number of hydrogen-bond donors (Lipinski definition) is 1. The molecule has 1 aromatic rings. The fraction of sp³-hybridized carbons (Fsp3) is 0.769. The van der Waals surface area contributed by atoms with E-state index in [1.807, 2.05) is 17.5 Å². The molecule has 1 N–H and O–H groups in total. The number of anilines is 1. The van der Waals surface area contributed by atoms with E-state index in [9.17, 15) is 0 Å². The zero-order chi connectivity index (χ0) is 12.8. The van der Waals surface area contributed by atoms with Gasteiger partial charge in [0.15, 0.2) is 5.13 Å². The lowest BCUT2D eigenvalue weighted by molar-refractivity contribution is 0.577. The van der Waals surface area contributed by atoms with Gasteiger partial charge in [-0.1, -0.05) is 6.92 Å². The number of hydrogen-bond acceptors (Lipinski definition) is 5. The normalized spacial score (nSPS) is 18.7. The second-order valence-electron chi connectivity index (χ2n) is 4.67. The SMILES string of the molecule is CCCNC(C)c1cnc(N2CCCSCC2)s1. The van der Waals surface area contributed by atoms with Gasteiger partial charge in [-0.05, 0) is 32.1 Å². The first-order valence-electron chi connectivity index (χ1n) is 6.83. The van der Waals surface area contributed by atoms with Crippen LogP contribution in [-0.4, -0.2) is 36.1 Å².